The summed E-state index contributed by atoms with van der Waals surface area (Å²) in [5, 5.41) is 15.3. The molecule has 104 valence electrons. The number of H-pyrrole nitrogens is 1. The van der Waals surface area contributed by atoms with Crippen LogP contribution in [0.2, 0.25) is 0 Å². The Hall–Kier alpha value is -0.960. The van der Waals surface area contributed by atoms with Crippen molar-refractivity contribution in [3.63, 3.8) is 0 Å². The van der Waals surface area contributed by atoms with Crippen LogP contribution in [0.3, 0.4) is 0 Å². The molecule has 1 unspecified atom stereocenters. The number of sulfonamides is 1. The van der Waals surface area contributed by atoms with E-state index in [4.69, 9.17) is 9.84 Å². The van der Waals surface area contributed by atoms with Crippen molar-refractivity contribution in [1.82, 2.24) is 14.9 Å². The van der Waals surface area contributed by atoms with E-state index in [2.05, 4.69) is 14.9 Å². The summed E-state index contributed by atoms with van der Waals surface area (Å²) in [5.41, 5.74) is 0.837. The quantitative estimate of drug-likeness (QED) is 0.646. The van der Waals surface area contributed by atoms with Gasteiger partial charge in [0, 0.05) is 31.0 Å². The molecule has 7 nitrogen and oxygen atoms in total. The summed E-state index contributed by atoms with van der Waals surface area (Å²) in [6, 6.07) is -0.265. The number of methoxy groups -OCH3 is 1. The first-order valence-corrected chi connectivity index (χ1v) is 7.06. The van der Waals surface area contributed by atoms with Crippen LogP contribution in [-0.4, -0.2) is 43.5 Å². The standard InChI is InChI=1S/C10H19N3O4S/c1-7(4-5-17-3)13-18(15,16)10-9(6-14)8(2)11-12-10/h7,13-14H,4-6H2,1-3H3,(H,11,12). The third-order valence-corrected chi connectivity index (χ3v) is 4.12. The maximum Gasteiger partial charge on any atom is 0.260 e. The van der Waals surface area contributed by atoms with E-state index in [0.29, 0.717) is 24.3 Å². The van der Waals surface area contributed by atoms with Crippen LogP contribution in [0.5, 0.6) is 0 Å². The Morgan fingerprint density at radius 2 is 2.22 bits per heavy atom. The number of ether oxygens (including phenoxy) is 1. The first kappa shape index (κ1) is 15.1. The van der Waals surface area contributed by atoms with E-state index in [0.717, 1.165) is 0 Å². The molecule has 1 aromatic heterocycles. The molecule has 0 saturated carbocycles. The van der Waals surface area contributed by atoms with E-state index < -0.39 is 10.0 Å². The van der Waals surface area contributed by atoms with Crippen LogP contribution in [0.4, 0.5) is 0 Å². The summed E-state index contributed by atoms with van der Waals surface area (Å²) in [6.45, 7) is 3.50. The molecule has 1 heterocycles. The van der Waals surface area contributed by atoms with Crippen molar-refractivity contribution in [1.29, 1.82) is 0 Å². The number of aryl methyl sites for hydroxylation is 1. The Bertz CT molecular complexity index is 483. The lowest BCUT2D eigenvalue weighted by molar-refractivity contribution is 0.188. The minimum Gasteiger partial charge on any atom is -0.392 e. The van der Waals surface area contributed by atoms with Gasteiger partial charge in [-0.1, -0.05) is 0 Å². The van der Waals surface area contributed by atoms with Gasteiger partial charge in [0.1, 0.15) is 0 Å². The number of hydrogen-bond donors (Lipinski definition) is 3. The summed E-state index contributed by atoms with van der Waals surface area (Å²) < 4.78 is 31.5. The number of aromatic nitrogens is 2. The number of nitrogens with one attached hydrogen (secondary N) is 2. The summed E-state index contributed by atoms with van der Waals surface area (Å²) in [7, 11) is -2.16. The SMILES string of the molecule is COCCC(C)NS(=O)(=O)c1n[nH]c(C)c1CO. The monoisotopic (exact) mass is 277 g/mol. The fourth-order valence-corrected chi connectivity index (χ4v) is 2.98. The van der Waals surface area contributed by atoms with Crippen molar-refractivity contribution in [3.8, 4) is 0 Å². The Labute approximate surface area is 107 Å². The molecule has 0 aliphatic rings. The lowest BCUT2D eigenvalue weighted by Gasteiger charge is -2.13. The predicted octanol–water partition coefficient (Wildman–Crippen LogP) is -0.0863. The maximum absolute atomic E-state index is 12.1. The van der Waals surface area contributed by atoms with E-state index in [9.17, 15) is 8.42 Å². The van der Waals surface area contributed by atoms with Gasteiger partial charge in [0.2, 0.25) is 0 Å². The number of aromatic amines is 1. The number of nitrogens with zero attached hydrogens (tertiary/aromatic N) is 1. The number of aliphatic hydroxyl groups is 1. The molecule has 1 atom stereocenters. The van der Waals surface area contributed by atoms with Gasteiger partial charge >= 0.3 is 0 Å². The maximum atomic E-state index is 12.1. The molecule has 0 bridgehead atoms. The van der Waals surface area contributed by atoms with Crippen LogP contribution in [0.25, 0.3) is 0 Å². The van der Waals surface area contributed by atoms with Crippen LogP contribution < -0.4 is 4.72 Å². The smallest absolute Gasteiger partial charge is 0.260 e. The fraction of sp³-hybridized carbons (Fsp3) is 0.700. The van der Waals surface area contributed by atoms with Gasteiger partial charge in [-0.2, -0.15) is 5.10 Å². The normalized spacial score (nSPS) is 13.8. The van der Waals surface area contributed by atoms with Gasteiger partial charge in [-0.25, -0.2) is 13.1 Å². The fourth-order valence-electron chi connectivity index (χ4n) is 1.51. The zero-order valence-electron chi connectivity index (χ0n) is 10.7. The minimum absolute atomic E-state index is 0.147. The first-order chi connectivity index (χ1) is 8.42. The Morgan fingerprint density at radius 3 is 2.78 bits per heavy atom. The van der Waals surface area contributed by atoms with Crippen molar-refractivity contribution in [3.05, 3.63) is 11.3 Å². The third-order valence-electron chi connectivity index (χ3n) is 2.56. The highest BCUT2D eigenvalue weighted by Crippen LogP contribution is 2.16. The molecule has 0 spiro atoms. The lowest BCUT2D eigenvalue weighted by atomic mass is 10.3. The first-order valence-electron chi connectivity index (χ1n) is 5.58. The highest BCUT2D eigenvalue weighted by molar-refractivity contribution is 7.89. The molecular formula is C10H19N3O4S. The van der Waals surface area contributed by atoms with Crippen LogP contribution in [0.15, 0.2) is 5.03 Å². The number of aliphatic hydroxyl groups excluding tert-OH is 1. The molecule has 0 aliphatic carbocycles. The highest BCUT2D eigenvalue weighted by atomic mass is 32.2. The molecule has 0 saturated heterocycles. The largest absolute Gasteiger partial charge is 0.392 e. The van der Waals surface area contributed by atoms with Crippen LogP contribution >= 0.6 is 0 Å². The zero-order chi connectivity index (χ0) is 13.8. The summed E-state index contributed by atoms with van der Waals surface area (Å²) in [6.07, 6.45) is 0.563. The lowest BCUT2D eigenvalue weighted by Crippen LogP contribution is -2.34. The second kappa shape index (κ2) is 6.28. The van der Waals surface area contributed by atoms with Gasteiger partial charge in [0.15, 0.2) is 5.03 Å². The Morgan fingerprint density at radius 1 is 1.56 bits per heavy atom. The average molecular weight is 277 g/mol. The molecule has 0 radical (unpaired) electrons. The van der Waals surface area contributed by atoms with Crippen LogP contribution in [0.1, 0.15) is 24.6 Å². The summed E-state index contributed by atoms with van der Waals surface area (Å²) in [4.78, 5) is 0. The molecule has 1 rings (SSSR count). The minimum atomic E-state index is -3.72. The van der Waals surface area contributed by atoms with Crippen LogP contribution in [-0.2, 0) is 21.4 Å². The van der Waals surface area contributed by atoms with Crippen molar-refractivity contribution in [2.45, 2.75) is 37.9 Å². The molecular weight excluding hydrogens is 258 g/mol. The van der Waals surface area contributed by atoms with E-state index >= 15 is 0 Å². The van der Waals surface area contributed by atoms with Gasteiger partial charge in [-0.15, -0.1) is 0 Å². The average Bonchev–Trinajstić information content (AvgIpc) is 2.67. The molecule has 18 heavy (non-hydrogen) atoms. The number of rotatable bonds is 7. The number of hydrogen-bond acceptors (Lipinski definition) is 5. The molecule has 0 aromatic carbocycles. The van der Waals surface area contributed by atoms with Gasteiger partial charge in [0.05, 0.1) is 6.61 Å². The van der Waals surface area contributed by atoms with E-state index in [1.165, 1.54) is 0 Å². The van der Waals surface area contributed by atoms with Gasteiger partial charge in [0.25, 0.3) is 10.0 Å². The van der Waals surface area contributed by atoms with Crippen molar-refractivity contribution in [2.75, 3.05) is 13.7 Å². The molecule has 3 N–H and O–H groups in total. The summed E-state index contributed by atoms with van der Waals surface area (Å²) >= 11 is 0. The van der Waals surface area contributed by atoms with E-state index in [-0.39, 0.29) is 17.7 Å². The van der Waals surface area contributed by atoms with Gasteiger partial charge < -0.3 is 9.84 Å². The zero-order valence-corrected chi connectivity index (χ0v) is 11.5. The van der Waals surface area contributed by atoms with Crippen molar-refractivity contribution in [2.24, 2.45) is 0 Å². The highest BCUT2D eigenvalue weighted by Gasteiger charge is 2.24. The third kappa shape index (κ3) is 3.52. The summed E-state index contributed by atoms with van der Waals surface area (Å²) in [5.74, 6) is 0. The van der Waals surface area contributed by atoms with Crippen molar-refractivity contribution >= 4 is 10.0 Å². The Kier molecular flexibility index (Phi) is 5.27. The molecule has 1 aromatic rings. The molecule has 8 heteroatoms. The second-order valence-electron chi connectivity index (χ2n) is 4.09. The predicted molar refractivity (Wildman–Crippen MR) is 65.5 cm³/mol. The molecule has 0 aliphatic heterocycles. The van der Waals surface area contributed by atoms with Crippen LogP contribution in [0, 0.1) is 6.92 Å². The topological polar surface area (TPSA) is 104 Å². The Balaban J connectivity index is 2.86. The van der Waals surface area contributed by atoms with E-state index in [1.807, 2.05) is 0 Å². The molecule has 0 amide bonds. The second-order valence-corrected chi connectivity index (χ2v) is 5.72. The van der Waals surface area contributed by atoms with Gasteiger partial charge in [-0.3, -0.25) is 5.10 Å². The van der Waals surface area contributed by atoms with Gasteiger partial charge in [-0.05, 0) is 20.3 Å². The molecule has 0 fully saturated rings. The van der Waals surface area contributed by atoms with Crippen molar-refractivity contribution < 1.29 is 18.3 Å². The van der Waals surface area contributed by atoms with E-state index in [1.54, 1.807) is 21.0 Å².